The van der Waals surface area contributed by atoms with Crippen molar-refractivity contribution in [2.24, 2.45) is 0 Å². The second-order valence-electron chi connectivity index (χ2n) is 25.0. The van der Waals surface area contributed by atoms with E-state index in [1.807, 2.05) is 0 Å². The molecule has 0 aliphatic carbocycles. The van der Waals surface area contributed by atoms with Crippen LogP contribution in [0.25, 0.3) is 76.8 Å². The number of benzene rings is 10. The Morgan fingerprint density at radius 2 is 0.773 bits per heavy atom. The maximum atomic E-state index is 2.76. The molecule has 10 aromatic carbocycles. The predicted molar refractivity (Wildman–Crippen MR) is 329 cm³/mol. The van der Waals surface area contributed by atoms with Crippen LogP contribution < -0.4 is 37.7 Å². The Labute approximate surface area is 446 Å². The Balaban J connectivity index is 1.28. The van der Waals surface area contributed by atoms with Gasteiger partial charge < -0.3 is 4.90 Å². The number of nitrogens with zero attached hydrogens (tertiary/aromatic N) is 1. The molecule has 0 N–H and O–H groups in total. The molecule has 0 radical (unpaired) electrons. The summed E-state index contributed by atoms with van der Waals surface area (Å²) in [6.45, 7) is 29.1. The monoisotopic (exact) mass is 970 g/mol. The smallest absolute Gasteiger partial charge is 0.248 e. The molecule has 3 heteroatoms. The zero-order chi connectivity index (χ0) is 51.8. The topological polar surface area (TPSA) is 3.24 Å². The van der Waals surface area contributed by atoms with Crippen molar-refractivity contribution in [2.75, 3.05) is 11.9 Å². The maximum absolute atomic E-state index is 2.76. The molecule has 0 saturated heterocycles. The lowest BCUT2D eigenvalue weighted by atomic mass is 9.30. The molecule has 0 fully saturated rings. The van der Waals surface area contributed by atoms with E-state index in [-0.39, 0.29) is 13.4 Å². The molecular weight excluding hydrogens is 900 g/mol. The minimum atomic E-state index is 0.0715. The van der Waals surface area contributed by atoms with Crippen molar-refractivity contribution >= 4 is 89.9 Å². The van der Waals surface area contributed by atoms with Gasteiger partial charge in [0.05, 0.1) is 0 Å². The molecule has 0 atom stereocenters. The van der Waals surface area contributed by atoms with Crippen LogP contribution in [0.15, 0.2) is 133 Å². The maximum Gasteiger partial charge on any atom is 0.248 e. The third-order valence-electron chi connectivity index (χ3n) is 18.7. The molecule has 368 valence electrons. The normalized spacial score (nSPS) is 14.0. The van der Waals surface area contributed by atoms with Gasteiger partial charge in [0.25, 0.3) is 0 Å². The van der Waals surface area contributed by atoms with Gasteiger partial charge in [0.2, 0.25) is 13.4 Å². The van der Waals surface area contributed by atoms with Gasteiger partial charge in [0.15, 0.2) is 0 Å². The Morgan fingerprint density at radius 1 is 0.347 bits per heavy atom. The van der Waals surface area contributed by atoms with Gasteiger partial charge in [-0.05, 0) is 198 Å². The summed E-state index contributed by atoms with van der Waals surface area (Å²) in [5.74, 6) is 2.17. The van der Waals surface area contributed by atoms with Crippen LogP contribution in [0.5, 0.6) is 0 Å². The summed E-state index contributed by atoms with van der Waals surface area (Å²) >= 11 is 0. The van der Waals surface area contributed by atoms with E-state index in [1.54, 1.807) is 0 Å². The number of hydrogen-bond acceptors (Lipinski definition) is 1. The van der Waals surface area contributed by atoms with E-state index in [0.717, 1.165) is 6.42 Å². The predicted octanol–water partition coefficient (Wildman–Crippen LogP) is 15.6. The average Bonchev–Trinajstić information content (AvgIpc) is 3.53. The molecular formula is C72H69B2N. The highest BCUT2D eigenvalue weighted by Gasteiger charge is 2.44. The number of hydrogen-bond donors (Lipinski definition) is 0. The summed E-state index contributed by atoms with van der Waals surface area (Å²) in [7, 11) is 2.29. The van der Waals surface area contributed by atoms with Crippen LogP contribution in [0.4, 0.5) is 11.4 Å². The standard InChI is InChI=1S/C72H69B2N/c1-37(2)45-29-49(39(5)6)65(50(30-45)40(7)8)55-33-53-47-22-18-21-44-28-43-20-14-15-24-59(43)73(71(44)47)61-35-57-56(66-51(41(9)10)31-46(38(3)4)32-52(66)42(11)12)34-54-48-23-19-27-64-72(48)74(60-25-16-17-26-63(60)75(64)13)62-36-58(55)69(67(53)61)70(57)68(54)62/h14-27,29-42H,28H2,1-13H3. The largest absolute Gasteiger partial charge is 0.345 e. The number of anilines is 2. The third kappa shape index (κ3) is 6.40. The molecule has 75 heavy (non-hydrogen) atoms. The Bertz CT molecular complexity index is 4030. The van der Waals surface area contributed by atoms with Gasteiger partial charge >= 0.3 is 0 Å². The fraction of sp³-hybridized carbons (Fsp3) is 0.278. The fourth-order valence-electron chi connectivity index (χ4n) is 15.1. The summed E-state index contributed by atoms with van der Waals surface area (Å²) in [6.07, 6.45) is 0.959. The average molecular weight is 970 g/mol. The molecule has 4 aliphatic rings. The van der Waals surface area contributed by atoms with Crippen LogP contribution >= 0.6 is 0 Å². The van der Waals surface area contributed by atoms with Crippen molar-refractivity contribution in [3.8, 4) is 44.5 Å². The van der Waals surface area contributed by atoms with E-state index in [2.05, 4.69) is 228 Å². The van der Waals surface area contributed by atoms with E-state index in [1.165, 1.54) is 165 Å². The Morgan fingerprint density at radius 3 is 1.28 bits per heavy atom. The minimum Gasteiger partial charge on any atom is -0.345 e. The van der Waals surface area contributed by atoms with Crippen LogP contribution in [0.2, 0.25) is 0 Å². The third-order valence-corrected chi connectivity index (χ3v) is 18.7. The van der Waals surface area contributed by atoms with Gasteiger partial charge in [-0.3, -0.25) is 0 Å². The molecule has 4 heterocycles. The van der Waals surface area contributed by atoms with E-state index in [9.17, 15) is 0 Å². The van der Waals surface area contributed by atoms with Crippen molar-refractivity contribution in [1.82, 2.24) is 0 Å². The van der Waals surface area contributed by atoms with Crippen LogP contribution in [0.1, 0.15) is 163 Å². The van der Waals surface area contributed by atoms with Crippen molar-refractivity contribution in [3.63, 3.8) is 0 Å². The SMILES string of the molecule is CC(C)c1cc(C(C)C)c(-c2cc3c4c(cc5c(-c6c(C(C)C)cc(C(C)C)cc6C(C)C)cc6c7c(cc2c4c57)B2c4ccccc4N(C)c4cccc-6c42)B2c4ccccc4Cc4cccc-3c42)c(C(C)C)c1. The van der Waals surface area contributed by atoms with Gasteiger partial charge in [-0.1, -0.05) is 214 Å². The molecule has 0 bridgehead atoms. The van der Waals surface area contributed by atoms with Crippen molar-refractivity contribution < 1.29 is 0 Å². The first-order valence-electron chi connectivity index (χ1n) is 28.5. The molecule has 0 aromatic heterocycles. The molecule has 0 saturated carbocycles. The van der Waals surface area contributed by atoms with Crippen molar-refractivity contribution in [1.29, 1.82) is 0 Å². The summed E-state index contributed by atoms with van der Waals surface area (Å²) in [5.41, 5.74) is 34.2. The van der Waals surface area contributed by atoms with Crippen molar-refractivity contribution in [3.05, 3.63) is 178 Å². The lowest BCUT2D eigenvalue weighted by Gasteiger charge is -2.40. The Hall–Kier alpha value is -6.83. The molecule has 0 amide bonds. The van der Waals surface area contributed by atoms with Crippen LogP contribution in [-0.2, 0) is 6.42 Å². The van der Waals surface area contributed by atoms with Gasteiger partial charge in [-0.15, -0.1) is 0 Å². The van der Waals surface area contributed by atoms with E-state index in [4.69, 9.17) is 0 Å². The van der Waals surface area contributed by atoms with Gasteiger partial charge in [-0.25, -0.2) is 0 Å². The first-order valence-corrected chi connectivity index (χ1v) is 28.5. The van der Waals surface area contributed by atoms with E-state index < -0.39 is 0 Å². The molecule has 14 rings (SSSR count). The van der Waals surface area contributed by atoms with Gasteiger partial charge in [0.1, 0.15) is 0 Å². The first-order chi connectivity index (χ1) is 36.1. The zero-order valence-corrected chi connectivity index (χ0v) is 46.5. The van der Waals surface area contributed by atoms with E-state index >= 15 is 0 Å². The van der Waals surface area contributed by atoms with Crippen LogP contribution in [0, 0.1) is 0 Å². The lowest BCUT2D eigenvalue weighted by molar-refractivity contribution is 0.807. The van der Waals surface area contributed by atoms with Crippen molar-refractivity contribution in [2.45, 2.75) is 125 Å². The van der Waals surface area contributed by atoms with E-state index in [0.29, 0.717) is 35.5 Å². The second-order valence-corrected chi connectivity index (χ2v) is 25.0. The molecule has 1 nitrogen and oxygen atoms in total. The molecule has 0 unspecified atom stereocenters. The van der Waals surface area contributed by atoms with Gasteiger partial charge in [-0.2, -0.15) is 0 Å². The molecule has 0 spiro atoms. The second kappa shape index (κ2) is 16.6. The molecule has 10 aromatic rings. The first kappa shape index (κ1) is 46.7. The highest BCUT2D eigenvalue weighted by atomic mass is 15.1. The quantitative estimate of drug-likeness (QED) is 0.108. The number of fused-ring (bicyclic) bond motifs is 8. The highest BCUT2D eigenvalue weighted by Crippen LogP contribution is 2.53. The zero-order valence-electron chi connectivity index (χ0n) is 46.5. The lowest BCUT2D eigenvalue weighted by Crippen LogP contribution is -2.60. The van der Waals surface area contributed by atoms with Crippen LogP contribution in [-0.4, -0.2) is 20.5 Å². The van der Waals surface area contributed by atoms with Gasteiger partial charge in [0, 0.05) is 18.4 Å². The number of para-hydroxylation sites is 1. The van der Waals surface area contributed by atoms with Crippen LogP contribution in [0.3, 0.4) is 0 Å². The summed E-state index contributed by atoms with van der Waals surface area (Å²) in [5, 5.41) is 8.58. The summed E-state index contributed by atoms with van der Waals surface area (Å²) in [4.78, 5) is 2.47. The summed E-state index contributed by atoms with van der Waals surface area (Å²) < 4.78 is 0. The molecule has 4 aliphatic heterocycles. The fourth-order valence-corrected chi connectivity index (χ4v) is 15.1. The number of rotatable bonds is 8. The summed E-state index contributed by atoms with van der Waals surface area (Å²) in [6, 6.07) is 54.4. The minimum absolute atomic E-state index is 0.0715. The highest BCUT2D eigenvalue weighted by molar-refractivity contribution is 7.02. The Kier molecular flexibility index (Phi) is 10.3.